The van der Waals surface area contributed by atoms with Gasteiger partial charge in [-0.2, -0.15) is 0 Å². The number of nitrogens with one attached hydrogen (secondary N) is 1. The van der Waals surface area contributed by atoms with Crippen molar-refractivity contribution in [3.05, 3.63) is 29.6 Å². The molecule has 1 atom stereocenters. The van der Waals surface area contributed by atoms with E-state index in [0.29, 0.717) is 18.8 Å². The van der Waals surface area contributed by atoms with Crippen molar-refractivity contribution in [3.63, 3.8) is 0 Å². The van der Waals surface area contributed by atoms with Crippen LogP contribution in [-0.2, 0) is 17.3 Å². The van der Waals surface area contributed by atoms with Gasteiger partial charge in [-0.3, -0.25) is 14.1 Å². The van der Waals surface area contributed by atoms with Gasteiger partial charge in [0, 0.05) is 60.6 Å². The first-order valence-electron chi connectivity index (χ1n) is 10.2. The van der Waals surface area contributed by atoms with Crippen molar-refractivity contribution in [1.82, 2.24) is 15.1 Å². The van der Waals surface area contributed by atoms with Gasteiger partial charge < -0.3 is 15.0 Å². The fraction of sp³-hybridized carbons (Fsp3) is 0.667. The summed E-state index contributed by atoms with van der Waals surface area (Å²) >= 11 is 0. The molecule has 9 heteroatoms. The maximum Gasteiger partial charge on any atom is 0.194 e. The zero-order valence-corrected chi connectivity index (χ0v) is 21.9. The van der Waals surface area contributed by atoms with E-state index in [4.69, 9.17) is 4.74 Å². The van der Waals surface area contributed by atoms with Gasteiger partial charge in [0.25, 0.3) is 0 Å². The van der Waals surface area contributed by atoms with Gasteiger partial charge in [0.2, 0.25) is 0 Å². The first-order valence-corrected chi connectivity index (χ1v) is 11.5. The molecular formula is C21H36FIN4O2S. The number of hydrogen-bond donors (Lipinski definition) is 1. The highest BCUT2D eigenvalue weighted by atomic mass is 127. The molecule has 0 amide bonds. The Morgan fingerprint density at radius 3 is 2.47 bits per heavy atom. The number of benzene rings is 1. The van der Waals surface area contributed by atoms with E-state index in [1.807, 2.05) is 26.8 Å². The molecule has 1 aromatic rings. The predicted molar refractivity (Wildman–Crippen MR) is 134 cm³/mol. The maximum absolute atomic E-state index is 13.9. The van der Waals surface area contributed by atoms with E-state index in [0.717, 1.165) is 44.2 Å². The second kappa shape index (κ2) is 12.8. The average molecular weight is 555 g/mol. The highest BCUT2D eigenvalue weighted by molar-refractivity contribution is 14.0. The van der Waals surface area contributed by atoms with E-state index in [1.165, 1.54) is 7.11 Å². The lowest BCUT2D eigenvalue weighted by atomic mass is 10.2. The lowest BCUT2D eigenvalue weighted by Crippen LogP contribution is -2.52. The summed E-state index contributed by atoms with van der Waals surface area (Å²) in [4.78, 5) is 9.25. The lowest BCUT2D eigenvalue weighted by molar-refractivity contribution is 0.172. The number of guanidine groups is 1. The van der Waals surface area contributed by atoms with Crippen molar-refractivity contribution in [2.24, 2.45) is 4.99 Å². The Morgan fingerprint density at radius 2 is 1.93 bits per heavy atom. The summed E-state index contributed by atoms with van der Waals surface area (Å²) in [5.41, 5.74) is 0.946. The summed E-state index contributed by atoms with van der Waals surface area (Å²) in [6.07, 6.45) is 0. The molecule has 0 spiro atoms. The molecule has 1 aliphatic heterocycles. The van der Waals surface area contributed by atoms with Gasteiger partial charge in [0.1, 0.15) is 0 Å². The molecule has 0 saturated carbocycles. The highest BCUT2D eigenvalue weighted by Crippen LogP contribution is 2.19. The Balaban J connectivity index is 0.00000450. The Morgan fingerprint density at radius 1 is 1.27 bits per heavy atom. The summed E-state index contributed by atoms with van der Waals surface area (Å²) < 4.78 is 30.9. The summed E-state index contributed by atoms with van der Waals surface area (Å²) in [5.74, 6) is 1.41. The van der Waals surface area contributed by atoms with Crippen LogP contribution in [0, 0.1) is 5.82 Å². The van der Waals surface area contributed by atoms with Crippen molar-refractivity contribution in [2.45, 2.75) is 39.0 Å². The third-order valence-electron chi connectivity index (χ3n) is 4.85. The number of ether oxygens (including phenoxy) is 1. The summed E-state index contributed by atoms with van der Waals surface area (Å²) in [6.45, 7) is 13.6. The number of halogens is 2. The molecule has 0 bridgehead atoms. The molecule has 1 aromatic carbocycles. The normalized spacial score (nSPS) is 16.7. The van der Waals surface area contributed by atoms with Crippen molar-refractivity contribution in [2.75, 3.05) is 52.1 Å². The van der Waals surface area contributed by atoms with Crippen LogP contribution in [0.25, 0.3) is 0 Å². The molecule has 0 aromatic heterocycles. The minimum atomic E-state index is -0.897. The van der Waals surface area contributed by atoms with Gasteiger partial charge in [0.05, 0.1) is 13.7 Å². The van der Waals surface area contributed by atoms with E-state index >= 15 is 0 Å². The fourth-order valence-electron chi connectivity index (χ4n) is 3.15. The largest absolute Gasteiger partial charge is 0.494 e. The Labute approximate surface area is 200 Å². The van der Waals surface area contributed by atoms with Crippen LogP contribution in [0.2, 0.25) is 0 Å². The SMILES string of the molecule is CCNC(=NCCS(=O)C(C)(C)C)N1CCN(Cc2ccc(OC)c(F)c2)CC1.I. The van der Waals surface area contributed by atoms with E-state index in [-0.39, 0.29) is 40.3 Å². The minimum Gasteiger partial charge on any atom is -0.494 e. The van der Waals surface area contributed by atoms with Gasteiger partial charge in [-0.05, 0) is 45.4 Å². The van der Waals surface area contributed by atoms with Crippen molar-refractivity contribution < 1.29 is 13.3 Å². The smallest absolute Gasteiger partial charge is 0.194 e. The van der Waals surface area contributed by atoms with E-state index < -0.39 is 10.8 Å². The molecule has 1 aliphatic rings. The fourth-order valence-corrected chi connectivity index (χ4v) is 4.02. The number of aliphatic imine (C=N–C) groups is 1. The van der Waals surface area contributed by atoms with Crippen molar-refractivity contribution >= 4 is 40.7 Å². The predicted octanol–water partition coefficient (Wildman–Crippen LogP) is 3.08. The summed E-state index contributed by atoms with van der Waals surface area (Å²) in [7, 11) is 0.577. The molecule has 1 heterocycles. The van der Waals surface area contributed by atoms with Crippen LogP contribution in [0.5, 0.6) is 5.75 Å². The molecule has 2 rings (SSSR count). The first kappa shape index (κ1) is 27.1. The molecule has 0 aliphatic carbocycles. The number of piperazine rings is 1. The van der Waals surface area contributed by atoms with E-state index in [1.54, 1.807) is 12.1 Å². The van der Waals surface area contributed by atoms with Crippen LogP contribution in [0.1, 0.15) is 33.3 Å². The van der Waals surface area contributed by atoms with Crippen LogP contribution < -0.4 is 10.1 Å². The maximum atomic E-state index is 13.9. The third kappa shape index (κ3) is 8.30. The monoisotopic (exact) mass is 554 g/mol. The Kier molecular flexibility index (Phi) is 11.6. The molecule has 6 nitrogen and oxygen atoms in total. The summed E-state index contributed by atoms with van der Waals surface area (Å²) in [5, 5.41) is 3.34. The number of rotatable bonds is 7. The summed E-state index contributed by atoms with van der Waals surface area (Å²) in [6, 6.07) is 5.14. The number of nitrogens with zero attached hydrogens (tertiary/aromatic N) is 3. The molecule has 1 fully saturated rings. The second-order valence-corrected chi connectivity index (χ2v) is 10.5. The second-order valence-electron chi connectivity index (χ2n) is 8.13. The molecule has 1 unspecified atom stereocenters. The standard InChI is InChI=1S/C21H35FN4O2S.HI/c1-6-23-20(24-9-14-29(27)21(2,3)4)26-12-10-25(11-13-26)16-17-7-8-19(28-5)18(22)15-17;/h7-8,15H,6,9-14,16H2,1-5H3,(H,23,24);1H. The van der Waals surface area contributed by atoms with E-state index in [9.17, 15) is 8.60 Å². The zero-order chi connectivity index (χ0) is 21.4. The quantitative estimate of drug-likeness (QED) is 0.319. The molecule has 30 heavy (non-hydrogen) atoms. The highest BCUT2D eigenvalue weighted by Gasteiger charge is 2.21. The van der Waals surface area contributed by atoms with Crippen LogP contribution in [0.15, 0.2) is 23.2 Å². The molecule has 1 saturated heterocycles. The molecule has 0 radical (unpaired) electrons. The van der Waals surface area contributed by atoms with Gasteiger partial charge in [-0.1, -0.05) is 6.07 Å². The van der Waals surface area contributed by atoms with Gasteiger partial charge in [-0.25, -0.2) is 4.39 Å². The van der Waals surface area contributed by atoms with E-state index in [2.05, 4.69) is 27.0 Å². The van der Waals surface area contributed by atoms with Crippen LogP contribution >= 0.6 is 24.0 Å². The van der Waals surface area contributed by atoms with Crippen molar-refractivity contribution in [3.8, 4) is 5.75 Å². The van der Waals surface area contributed by atoms with Gasteiger partial charge in [0.15, 0.2) is 17.5 Å². The molecular weight excluding hydrogens is 518 g/mol. The number of methoxy groups -OCH3 is 1. The number of hydrogen-bond acceptors (Lipinski definition) is 4. The molecule has 172 valence electrons. The van der Waals surface area contributed by atoms with Gasteiger partial charge >= 0.3 is 0 Å². The van der Waals surface area contributed by atoms with Crippen LogP contribution in [-0.4, -0.2) is 76.8 Å². The third-order valence-corrected chi connectivity index (χ3v) is 6.77. The van der Waals surface area contributed by atoms with Gasteiger partial charge in [-0.15, -0.1) is 24.0 Å². The molecule has 1 N–H and O–H groups in total. The Bertz CT molecular complexity index is 719. The average Bonchev–Trinajstić information content (AvgIpc) is 2.67. The Hall–Kier alpha value is -0.940. The first-order chi connectivity index (χ1) is 13.7. The topological polar surface area (TPSA) is 57.2 Å². The zero-order valence-electron chi connectivity index (χ0n) is 18.7. The van der Waals surface area contributed by atoms with Crippen LogP contribution in [0.3, 0.4) is 0 Å². The lowest BCUT2D eigenvalue weighted by Gasteiger charge is -2.36. The minimum absolute atomic E-state index is 0. The van der Waals surface area contributed by atoms with Crippen LogP contribution in [0.4, 0.5) is 4.39 Å². The van der Waals surface area contributed by atoms with Crippen molar-refractivity contribution in [1.29, 1.82) is 0 Å².